The van der Waals surface area contributed by atoms with Gasteiger partial charge in [0.1, 0.15) is 5.76 Å². The van der Waals surface area contributed by atoms with Gasteiger partial charge < -0.3 is 15.1 Å². The lowest BCUT2D eigenvalue weighted by Gasteiger charge is -2.35. The molecule has 2 N–H and O–H groups in total. The molecule has 0 bridgehead atoms. The van der Waals surface area contributed by atoms with Gasteiger partial charge in [0.15, 0.2) is 0 Å². The van der Waals surface area contributed by atoms with Gasteiger partial charge in [-0.15, -0.1) is 0 Å². The fourth-order valence-corrected chi connectivity index (χ4v) is 3.84. The number of hydrogen-bond acceptors (Lipinski definition) is 4. The normalized spacial score (nSPS) is 29.3. The molecule has 3 heterocycles. The first-order valence-corrected chi connectivity index (χ1v) is 7.77. The van der Waals surface area contributed by atoms with E-state index in [0.29, 0.717) is 18.4 Å². The summed E-state index contributed by atoms with van der Waals surface area (Å²) in [5.41, 5.74) is 0.0828. The smallest absolute Gasteiger partial charge is 0.234 e. The third-order valence-corrected chi connectivity index (χ3v) is 5.20. The molecule has 1 aromatic rings. The van der Waals surface area contributed by atoms with Crippen LogP contribution < -0.4 is 10.6 Å². The molecule has 3 rings (SSSR count). The Morgan fingerprint density at radius 2 is 2.38 bits per heavy atom. The molecule has 5 heteroatoms. The van der Waals surface area contributed by atoms with E-state index in [1.165, 1.54) is 0 Å². The quantitative estimate of drug-likeness (QED) is 0.880. The molecule has 2 aliphatic rings. The van der Waals surface area contributed by atoms with Gasteiger partial charge >= 0.3 is 0 Å². The summed E-state index contributed by atoms with van der Waals surface area (Å²) in [6.07, 6.45) is 1.63. The van der Waals surface area contributed by atoms with Gasteiger partial charge in [0.25, 0.3) is 0 Å². The van der Waals surface area contributed by atoms with Crippen molar-refractivity contribution in [2.75, 3.05) is 26.2 Å². The van der Waals surface area contributed by atoms with E-state index in [1.54, 1.807) is 6.26 Å². The molecule has 21 heavy (non-hydrogen) atoms. The monoisotopic (exact) mass is 291 g/mol. The summed E-state index contributed by atoms with van der Waals surface area (Å²) < 4.78 is 5.33. The van der Waals surface area contributed by atoms with Gasteiger partial charge in [-0.25, -0.2) is 0 Å². The van der Waals surface area contributed by atoms with Crippen molar-refractivity contribution in [3.63, 3.8) is 0 Å². The molecule has 0 radical (unpaired) electrons. The van der Waals surface area contributed by atoms with Crippen LogP contribution in [0.2, 0.25) is 0 Å². The van der Waals surface area contributed by atoms with Gasteiger partial charge in [0, 0.05) is 18.6 Å². The van der Waals surface area contributed by atoms with E-state index >= 15 is 0 Å². The number of nitrogens with zero attached hydrogens (tertiary/aromatic N) is 1. The maximum Gasteiger partial charge on any atom is 0.234 e. The molecular formula is C16H25N3O2. The van der Waals surface area contributed by atoms with E-state index < -0.39 is 0 Å². The summed E-state index contributed by atoms with van der Waals surface area (Å²) in [6, 6.07) is 3.65. The Hall–Kier alpha value is -1.33. The Balaban J connectivity index is 1.58. The van der Waals surface area contributed by atoms with Crippen molar-refractivity contribution < 1.29 is 9.21 Å². The van der Waals surface area contributed by atoms with E-state index in [2.05, 4.69) is 29.4 Å². The number of furan rings is 1. The van der Waals surface area contributed by atoms with Gasteiger partial charge in [-0.2, -0.15) is 0 Å². The Labute approximate surface area is 126 Å². The van der Waals surface area contributed by atoms with Gasteiger partial charge in [-0.3, -0.25) is 9.69 Å². The number of fused-ring (bicyclic) bond motifs is 1. The summed E-state index contributed by atoms with van der Waals surface area (Å²) >= 11 is 0. The van der Waals surface area contributed by atoms with Crippen LogP contribution in [0.5, 0.6) is 0 Å². The van der Waals surface area contributed by atoms with Crippen LogP contribution >= 0.6 is 0 Å². The van der Waals surface area contributed by atoms with Crippen LogP contribution in [-0.2, 0) is 4.79 Å². The summed E-state index contributed by atoms with van der Waals surface area (Å²) in [6.45, 7) is 10.1. The number of carbonyl (C=O) groups is 1. The largest absolute Gasteiger partial charge is 0.467 e. The lowest BCUT2D eigenvalue weighted by Crippen LogP contribution is -2.48. The van der Waals surface area contributed by atoms with E-state index in [1.807, 2.05) is 19.1 Å². The van der Waals surface area contributed by atoms with E-state index in [4.69, 9.17) is 4.42 Å². The molecule has 2 saturated heterocycles. The highest BCUT2D eigenvalue weighted by Gasteiger charge is 2.49. The van der Waals surface area contributed by atoms with Crippen molar-refractivity contribution in [3.8, 4) is 0 Å². The summed E-state index contributed by atoms with van der Waals surface area (Å²) in [5.74, 6) is 2.19. The number of nitrogens with one attached hydrogen (secondary N) is 2. The van der Waals surface area contributed by atoms with Crippen molar-refractivity contribution in [3.05, 3.63) is 24.2 Å². The third kappa shape index (κ3) is 2.72. The zero-order chi connectivity index (χ0) is 15.0. The number of rotatable bonds is 4. The predicted molar refractivity (Wildman–Crippen MR) is 80.8 cm³/mol. The van der Waals surface area contributed by atoms with Gasteiger partial charge in [-0.05, 0) is 51.3 Å². The first-order chi connectivity index (χ1) is 9.98. The molecule has 0 saturated carbocycles. The highest BCUT2D eigenvalue weighted by atomic mass is 16.3. The van der Waals surface area contributed by atoms with Crippen LogP contribution in [0.25, 0.3) is 0 Å². The van der Waals surface area contributed by atoms with Crippen LogP contribution in [0.3, 0.4) is 0 Å². The summed E-state index contributed by atoms with van der Waals surface area (Å²) in [5, 5.41) is 6.49. The van der Waals surface area contributed by atoms with Crippen molar-refractivity contribution in [1.29, 1.82) is 0 Å². The molecule has 1 aromatic heterocycles. The Morgan fingerprint density at radius 3 is 3.05 bits per heavy atom. The van der Waals surface area contributed by atoms with E-state index in [9.17, 15) is 4.79 Å². The van der Waals surface area contributed by atoms with Crippen LogP contribution in [0, 0.1) is 11.8 Å². The Kier molecular flexibility index (Phi) is 3.80. The molecule has 0 spiro atoms. The van der Waals surface area contributed by atoms with Crippen molar-refractivity contribution >= 4 is 5.91 Å². The van der Waals surface area contributed by atoms with Crippen LogP contribution in [0.15, 0.2) is 22.8 Å². The second kappa shape index (κ2) is 5.46. The third-order valence-electron chi connectivity index (χ3n) is 5.20. The van der Waals surface area contributed by atoms with E-state index in [0.717, 1.165) is 25.4 Å². The van der Waals surface area contributed by atoms with Crippen LogP contribution in [-0.4, -0.2) is 42.5 Å². The predicted octanol–water partition coefficient (Wildman–Crippen LogP) is 1.39. The van der Waals surface area contributed by atoms with Crippen molar-refractivity contribution in [2.24, 2.45) is 11.8 Å². The molecule has 5 nitrogen and oxygen atoms in total. The lowest BCUT2D eigenvalue weighted by molar-refractivity contribution is -0.124. The maximum absolute atomic E-state index is 12.3. The zero-order valence-electron chi connectivity index (χ0n) is 13.1. The van der Waals surface area contributed by atoms with Gasteiger partial charge in [0.05, 0.1) is 18.8 Å². The molecule has 0 aromatic carbocycles. The average molecular weight is 291 g/mol. The minimum atomic E-state index is -0.0839. The second-order valence-corrected chi connectivity index (χ2v) is 6.86. The van der Waals surface area contributed by atoms with Crippen molar-refractivity contribution in [1.82, 2.24) is 15.5 Å². The van der Waals surface area contributed by atoms with Gasteiger partial charge in [-0.1, -0.05) is 0 Å². The van der Waals surface area contributed by atoms with Crippen LogP contribution in [0.1, 0.15) is 32.6 Å². The minimum Gasteiger partial charge on any atom is -0.467 e. The summed E-state index contributed by atoms with van der Waals surface area (Å²) in [7, 11) is 0. The fourth-order valence-electron chi connectivity index (χ4n) is 3.84. The molecule has 3 atom stereocenters. The molecule has 1 amide bonds. The van der Waals surface area contributed by atoms with Crippen molar-refractivity contribution in [2.45, 2.75) is 32.4 Å². The zero-order valence-corrected chi connectivity index (χ0v) is 13.1. The molecule has 3 unspecified atom stereocenters. The SMILES string of the molecule is CC(NC(=O)CN1CC2CNCC2C1(C)C)c1ccco1. The topological polar surface area (TPSA) is 57.5 Å². The first kappa shape index (κ1) is 14.6. The number of amides is 1. The first-order valence-electron chi connectivity index (χ1n) is 7.77. The molecule has 2 aliphatic heterocycles. The molecular weight excluding hydrogens is 266 g/mol. The Morgan fingerprint density at radius 1 is 1.57 bits per heavy atom. The average Bonchev–Trinajstić information content (AvgIpc) is 3.11. The number of likely N-dealkylation sites (tertiary alicyclic amines) is 1. The number of carbonyl (C=O) groups excluding carboxylic acids is 1. The number of hydrogen-bond donors (Lipinski definition) is 2. The lowest BCUT2D eigenvalue weighted by atomic mass is 9.85. The molecule has 0 aliphatic carbocycles. The second-order valence-electron chi connectivity index (χ2n) is 6.86. The molecule has 116 valence electrons. The Bertz CT molecular complexity index is 498. The summed E-state index contributed by atoms with van der Waals surface area (Å²) in [4.78, 5) is 14.6. The van der Waals surface area contributed by atoms with Crippen LogP contribution in [0.4, 0.5) is 0 Å². The van der Waals surface area contributed by atoms with E-state index in [-0.39, 0.29) is 17.5 Å². The molecule has 2 fully saturated rings. The standard InChI is InChI=1S/C16H25N3O2/c1-11(14-5-4-6-21-14)18-15(20)10-19-9-12-7-17-8-13(12)16(19,2)3/h4-6,11-13,17H,7-10H2,1-3H3,(H,18,20). The highest BCUT2D eigenvalue weighted by molar-refractivity contribution is 5.78. The highest BCUT2D eigenvalue weighted by Crippen LogP contribution is 2.40. The maximum atomic E-state index is 12.3. The fraction of sp³-hybridized carbons (Fsp3) is 0.688. The van der Waals surface area contributed by atoms with Gasteiger partial charge in [0.2, 0.25) is 5.91 Å². The minimum absolute atomic E-state index is 0.0694.